The number of ether oxygens (including phenoxy) is 1. The minimum absolute atomic E-state index is 0.620. The van der Waals surface area contributed by atoms with Gasteiger partial charge in [0.05, 0.1) is 5.56 Å². The van der Waals surface area contributed by atoms with Crippen molar-refractivity contribution in [3.8, 4) is 11.6 Å². The molecule has 1 heterocycles. The van der Waals surface area contributed by atoms with Crippen molar-refractivity contribution in [2.24, 2.45) is 0 Å². The predicted octanol–water partition coefficient (Wildman–Crippen LogP) is 3.87. The molecule has 1 aromatic heterocycles. The molecule has 5 heteroatoms. The van der Waals surface area contributed by atoms with Crippen LogP contribution in [0.2, 0.25) is 0 Å². The van der Waals surface area contributed by atoms with Crippen LogP contribution < -0.4 is 10.1 Å². The smallest absolute Gasteiger partial charge is 0.227 e. The van der Waals surface area contributed by atoms with Crippen LogP contribution in [0.25, 0.3) is 0 Å². The number of halogens is 1. The number of nitrogens with zero attached hydrogens (tertiary/aromatic N) is 2. The second-order valence-corrected chi connectivity index (χ2v) is 5.19. The fourth-order valence-electron chi connectivity index (χ4n) is 1.74. The van der Waals surface area contributed by atoms with E-state index in [0.29, 0.717) is 5.88 Å². The van der Waals surface area contributed by atoms with Crippen molar-refractivity contribution in [2.45, 2.75) is 20.3 Å². The molecular weight excluding hydrogens is 353 g/mol. The molecule has 0 aliphatic carbocycles. The zero-order valence-electron chi connectivity index (χ0n) is 11.0. The van der Waals surface area contributed by atoms with Crippen molar-refractivity contribution in [1.82, 2.24) is 9.97 Å². The van der Waals surface area contributed by atoms with Gasteiger partial charge in [-0.05, 0) is 60.2 Å². The average molecular weight is 369 g/mol. The van der Waals surface area contributed by atoms with Crippen LogP contribution in [0.15, 0.2) is 30.6 Å². The normalized spacial score (nSPS) is 10.3. The summed E-state index contributed by atoms with van der Waals surface area (Å²) in [5.74, 6) is 2.26. The van der Waals surface area contributed by atoms with Gasteiger partial charge in [0.15, 0.2) is 0 Å². The summed E-state index contributed by atoms with van der Waals surface area (Å²) in [7, 11) is 0. The van der Waals surface area contributed by atoms with Crippen molar-refractivity contribution >= 4 is 28.4 Å². The number of aromatic nitrogens is 2. The monoisotopic (exact) mass is 369 g/mol. The Morgan fingerprint density at radius 3 is 2.53 bits per heavy atom. The molecule has 0 radical (unpaired) electrons. The molecule has 0 fully saturated rings. The Balaban J connectivity index is 2.28. The maximum Gasteiger partial charge on any atom is 0.227 e. The third kappa shape index (κ3) is 3.56. The molecule has 0 aliphatic heterocycles. The van der Waals surface area contributed by atoms with Gasteiger partial charge in [0, 0.05) is 10.1 Å². The third-order valence-corrected chi connectivity index (χ3v) is 3.35. The number of hydrogen-bond donors (Lipinski definition) is 1. The van der Waals surface area contributed by atoms with E-state index in [9.17, 15) is 0 Å². The molecule has 0 aliphatic rings. The van der Waals surface area contributed by atoms with Gasteiger partial charge in [-0.1, -0.05) is 6.92 Å². The van der Waals surface area contributed by atoms with Crippen molar-refractivity contribution in [2.75, 3.05) is 11.9 Å². The van der Waals surface area contributed by atoms with Gasteiger partial charge in [0.25, 0.3) is 0 Å². The summed E-state index contributed by atoms with van der Waals surface area (Å²) in [6.45, 7) is 4.94. The van der Waals surface area contributed by atoms with Crippen LogP contribution in [0, 0.1) is 3.57 Å². The summed E-state index contributed by atoms with van der Waals surface area (Å²) in [6.07, 6.45) is 2.35. The number of nitrogens with one attached hydrogen (secondary N) is 1. The highest BCUT2D eigenvalue weighted by Crippen LogP contribution is 2.27. The lowest BCUT2D eigenvalue weighted by atomic mass is 10.2. The van der Waals surface area contributed by atoms with Crippen LogP contribution in [0.5, 0.6) is 11.6 Å². The lowest BCUT2D eigenvalue weighted by Crippen LogP contribution is -2.05. The molecule has 0 amide bonds. The molecular formula is C14H16IN3O. The molecule has 0 atom stereocenters. The zero-order valence-corrected chi connectivity index (χ0v) is 13.1. The molecule has 0 unspecified atom stereocenters. The number of anilines is 1. The zero-order chi connectivity index (χ0) is 13.7. The fourth-order valence-corrected chi connectivity index (χ4v) is 2.10. The molecule has 0 bridgehead atoms. The first kappa shape index (κ1) is 14.0. The van der Waals surface area contributed by atoms with Crippen LogP contribution in [0.1, 0.15) is 19.4 Å². The van der Waals surface area contributed by atoms with E-state index in [1.807, 2.05) is 31.2 Å². The van der Waals surface area contributed by atoms with Gasteiger partial charge < -0.3 is 10.1 Å². The van der Waals surface area contributed by atoms with Gasteiger partial charge in [-0.25, -0.2) is 9.97 Å². The second-order valence-electron chi connectivity index (χ2n) is 3.95. The van der Waals surface area contributed by atoms with E-state index in [1.165, 1.54) is 9.90 Å². The highest BCUT2D eigenvalue weighted by molar-refractivity contribution is 14.1. The van der Waals surface area contributed by atoms with Crippen molar-refractivity contribution < 1.29 is 4.74 Å². The van der Waals surface area contributed by atoms with E-state index in [1.54, 1.807) is 0 Å². The standard InChI is InChI=1S/C14H16IN3O/c1-3-12-13(16-4-2)17-9-18-14(12)19-11-7-5-10(15)6-8-11/h5-9H,3-4H2,1-2H3,(H,16,17,18). The molecule has 4 nitrogen and oxygen atoms in total. The SMILES string of the molecule is CCNc1ncnc(Oc2ccc(I)cc2)c1CC. The van der Waals surface area contributed by atoms with Gasteiger partial charge in [-0.15, -0.1) is 0 Å². The van der Waals surface area contributed by atoms with Crippen LogP contribution in [-0.4, -0.2) is 16.5 Å². The number of benzene rings is 1. The summed E-state index contributed by atoms with van der Waals surface area (Å²) < 4.78 is 7.03. The highest BCUT2D eigenvalue weighted by atomic mass is 127. The maximum atomic E-state index is 5.85. The Morgan fingerprint density at radius 1 is 1.16 bits per heavy atom. The van der Waals surface area contributed by atoms with Gasteiger partial charge in [-0.2, -0.15) is 0 Å². The van der Waals surface area contributed by atoms with Gasteiger partial charge in [0.2, 0.25) is 5.88 Å². The van der Waals surface area contributed by atoms with Crippen LogP contribution in [-0.2, 0) is 6.42 Å². The van der Waals surface area contributed by atoms with E-state index < -0.39 is 0 Å². The molecule has 100 valence electrons. The summed E-state index contributed by atoms with van der Waals surface area (Å²) in [5, 5.41) is 3.23. The van der Waals surface area contributed by atoms with Gasteiger partial charge in [0.1, 0.15) is 17.9 Å². The first-order valence-electron chi connectivity index (χ1n) is 6.25. The number of hydrogen-bond acceptors (Lipinski definition) is 4. The van der Waals surface area contributed by atoms with E-state index in [-0.39, 0.29) is 0 Å². The van der Waals surface area contributed by atoms with Crippen molar-refractivity contribution in [1.29, 1.82) is 0 Å². The van der Waals surface area contributed by atoms with Crippen molar-refractivity contribution in [3.63, 3.8) is 0 Å². The Morgan fingerprint density at radius 2 is 1.89 bits per heavy atom. The Labute approximate surface area is 126 Å². The number of rotatable bonds is 5. The summed E-state index contributed by atoms with van der Waals surface area (Å²) in [4.78, 5) is 8.49. The van der Waals surface area contributed by atoms with E-state index in [0.717, 1.165) is 30.1 Å². The molecule has 1 aromatic carbocycles. The third-order valence-electron chi connectivity index (χ3n) is 2.63. The lowest BCUT2D eigenvalue weighted by Gasteiger charge is -2.12. The van der Waals surface area contributed by atoms with Crippen LogP contribution in [0.4, 0.5) is 5.82 Å². The summed E-state index contributed by atoms with van der Waals surface area (Å²) in [6, 6.07) is 7.90. The Kier molecular flexibility index (Phi) is 4.95. The first-order valence-corrected chi connectivity index (χ1v) is 7.33. The lowest BCUT2D eigenvalue weighted by molar-refractivity contribution is 0.455. The Hall–Kier alpha value is -1.37. The average Bonchev–Trinajstić information content (AvgIpc) is 2.42. The van der Waals surface area contributed by atoms with E-state index in [2.05, 4.69) is 44.8 Å². The highest BCUT2D eigenvalue weighted by Gasteiger charge is 2.11. The van der Waals surface area contributed by atoms with Crippen LogP contribution in [0.3, 0.4) is 0 Å². The van der Waals surface area contributed by atoms with E-state index in [4.69, 9.17) is 4.74 Å². The summed E-state index contributed by atoms with van der Waals surface area (Å²) in [5.41, 5.74) is 1.00. The fraction of sp³-hybridized carbons (Fsp3) is 0.286. The largest absolute Gasteiger partial charge is 0.439 e. The van der Waals surface area contributed by atoms with Gasteiger partial charge in [-0.3, -0.25) is 0 Å². The quantitative estimate of drug-likeness (QED) is 0.813. The second kappa shape index (κ2) is 6.70. The minimum Gasteiger partial charge on any atom is -0.439 e. The predicted molar refractivity (Wildman–Crippen MR) is 84.8 cm³/mol. The van der Waals surface area contributed by atoms with E-state index >= 15 is 0 Å². The Bertz CT molecular complexity index is 543. The molecule has 0 spiro atoms. The maximum absolute atomic E-state index is 5.85. The first-order chi connectivity index (χ1) is 9.24. The summed E-state index contributed by atoms with van der Waals surface area (Å²) >= 11 is 2.27. The molecule has 0 saturated carbocycles. The topological polar surface area (TPSA) is 47.0 Å². The van der Waals surface area contributed by atoms with Crippen LogP contribution >= 0.6 is 22.6 Å². The molecule has 1 N–H and O–H groups in total. The molecule has 2 aromatic rings. The molecule has 2 rings (SSSR count). The minimum atomic E-state index is 0.620. The molecule has 0 saturated heterocycles. The van der Waals surface area contributed by atoms with Gasteiger partial charge >= 0.3 is 0 Å². The molecule has 19 heavy (non-hydrogen) atoms. The van der Waals surface area contributed by atoms with Crippen molar-refractivity contribution in [3.05, 3.63) is 39.7 Å².